The van der Waals surface area contributed by atoms with E-state index >= 15 is 0 Å². The summed E-state index contributed by atoms with van der Waals surface area (Å²) in [6, 6.07) is 22.9. The first-order valence-electron chi connectivity index (χ1n) is 16.3. The highest BCUT2D eigenvalue weighted by atomic mass is 19.4. The molecule has 1 saturated carbocycles. The fraction of sp³-hybridized carbons (Fsp3) is 0.350. The number of hydrogen-bond acceptors (Lipinski definition) is 4. The molecule has 0 radical (unpaired) electrons. The molecule has 7 rings (SSSR count). The fourth-order valence-electron chi connectivity index (χ4n) is 7.03. The second-order valence-electron chi connectivity index (χ2n) is 15.1. The number of benzene rings is 3. The largest absolute Gasteiger partial charge is 0.417 e. The van der Waals surface area contributed by atoms with Crippen molar-refractivity contribution in [3.63, 3.8) is 0 Å². The van der Waals surface area contributed by atoms with Gasteiger partial charge >= 0.3 is 6.18 Å². The standard InChI is InChI=1S/C40H39F3N4/c1-38(2,3)28-14-9-23(10-15-28)35-45-36(24-11-16-29(17-12-24)39(4,5)6)47-37(46-35)32-22-44-34(21-33(32)40(41,42)43)27-13-18-30-25-7-8-26(19-25)31(30)20-27/h9-18,20-22,25-26H,7-8,19H2,1-6H3. The van der Waals surface area contributed by atoms with E-state index in [2.05, 4.69) is 62.6 Å². The number of fused-ring (bicyclic) bond motifs is 5. The molecule has 2 bridgehead atoms. The van der Waals surface area contributed by atoms with Crippen molar-refractivity contribution in [2.45, 2.75) is 89.6 Å². The molecule has 2 heterocycles. The molecule has 2 aliphatic rings. The number of halogens is 3. The average molecular weight is 633 g/mol. The molecular formula is C40H39F3N4. The first-order chi connectivity index (χ1) is 22.1. The molecule has 2 aromatic heterocycles. The Bertz CT molecular complexity index is 1890. The molecule has 7 heteroatoms. The minimum Gasteiger partial charge on any atom is -0.255 e. The van der Waals surface area contributed by atoms with Gasteiger partial charge in [-0.2, -0.15) is 13.2 Å². The van der Waals surface area contributed by atoms with E-state index in [1.165, 1.54) is 23.7 Å². The van der Waals surface area contributed by atoms with Crippen molar-refractivity contribution < 1.29 is 13.2 Å². The molecule has 0 saturated heterocycles. The monoisotopic (exact) mass is 632 g/mol. The van der Waals surface area contributed by atoms with Crippen molar-refractivity contribution in [3.8, 4) is 45.4 Å². The zero-order chi connectivity index (χ0) is 33.3. The summed E-state index contributed by atoms with van der Waals surface area (Å²) in [4.78, 5) is 18.6. The Morgan fingerprint density at radius 1 is 0.574 bits per heavy atom. The summed E-state index contributed by atoms with van der Waals surface area (Å²) in [5.74, 6) is 1.61. The van der Waals surface area contributed by atoms with Crippen molar-refractivity contribution in [1.82, 2.24) is 19.9 Å². The van der Waals surface area contributed by atoms with E-state index in [9.17, 15) is 13.2 Å². The maximum atomic E-state index is 14.8. The molecule has 0 spiro atoms. The first-order valence-corrected chi connectivity index (χ1v) is 16.3. The molecule has 1 fully saturated rings. The molecule has 2 unspecified atom stereocenters. The van der Waals surface area contributed by atoms with Gasteiger partial charge < -0.3 is 0 Å². The predicted octanol–water partition coefficient (Wildman–Crippen LogP) is 10.9. The number of hydrogen-bond donors (Lipinski definition) is 0. The van der Waals surface area contributed by atoms with Crippen LogP contribution >= 0.6 is 0 Å². The summed E-state index contributed by atoms with van der Waals surface area (Å²) in [6.07, 6.45) is 0.0912. The summed E-state index contributed by atoms with van der Waals surface area (Å²) in [5.41, 5.74) is 6.13. The van der Waals surface area contributed by atoms with E-state index in [4.69, 9.17) is 4.98 Å². The van der Waals surface area contributed by atoms with E-state index < -0.39 is 11.7 Å². The molecule has 0 amide bonds. The zero-order valence-electron chi connectivity index (χ0n) is 27.7. The van der Waals surface area contributed by atoms with Crippen molar-refractivity contribution in [2.24, 2.45) is 0 Å². The smallest absolute Gasteiger partial charge is 0.255 e. The molecule has 0 N–H and O–H groups in total. The van der Waals surface area contributed by atoms with Gasteiger partial charge in [0.05, 0.1) is 11.3 Å². The normalized spacial score (nSPS) is 17.6. The Kier molecular flexibility index (Phi) is 7.38. The maximum absolute atomic E-state index is 14.8. The molecule has 2 aliphatic carbocycles. The van der Waals surface area contributed by atoms with Crippen molar-refractivity contribution in [3.05, 3.63) is 107 Å². The lowest BCUT2D eigenvalue weighted by Gasteiger charge is -2.20. The van der Waals surface area contributed by atoms with E-state index in [1.807, 2.05) is 60.7 Å². The summed E-state index contributed by atoms with van der Waals surface area (Å²) in [6.45, 7) is 12.8. The highest BCUT2D eigenvalue weighted by Crippen LogP contribution is 2.53. The molecular weight excluding hydrogens is 593 g/mol. The van der Waals surface area contributed by atoms with E-state index in [0.717, 1.165) is 30.0 Å². The van der Waals surface area contributed by atoms with Crippen LogP contribution in [0.25, 0.3) is 45.4 Å². The van der Waals surface area contributed by atoms with Crippen LogP contribution in [0.2, 0.25) is 0 Å². The summed E-state index contributed by atoms with van der Waals surface area (Å²) >= 11 is 0. The lowest BCUT2D eigenvalue weighted by atomic mass is 9.86. The van der Waals surface area contributed by atoms with Crippen LogP contribution in [0.5, 0.6) is 0 Å². The van der Waals surface area contributed by atoms with Crippen molar-refractivity contribution in [1.29, 1.82) is 0 Å². The Morgan fingerprint density at radius 3 is 1.57 bits per heavy atom. The van der Waals surface area contributed by atoms with Gasteiger partial charge in [-0.05, 0) is 76.3 Å². The summed E-state index contributed by atoms with van der Waals surface area (Å²) in [5, 5.41) is 0. The second-order valence-corrected chi connectivity index (χ2v) is 15.1. The predicted molar refractivity (Wildman–Crippen MR) is 181 cm³/mol. The SMILES string of the molecule is CC(C)(C)c1ccc(-c2nc(-c3ccc(C(C)(C)C)cc3)nc(-c3cnc(-c4ccc5c(c4)C4CCC5C4)cc3C(F)(F)F)n2)cc1. The fourth-order valence-corrected chi connectivity index (χ4v) is 7.03. The minimum absolute atomic E-state index is 0.0593. The second kappa shape index (κ2) is 11.1. The van der Waals surface area contributed by atoms with Gasteiger partial charge in [-0.25, -0.2) is 15.0 Å². The topological polar surface area (TPSA) is 51.6 Å². The quantitative estimate of drug-likeness (QED) is 0.198. The van der Waals surface area contributed by atoms with Crippen molar-refractivity contribution >= 4 is 0 Å². The van der Waals surface area contributed by atoms with Crippen LogP contribution < -0.4 is 0 Å². The third-order valence-corrected chi connectivity index (χ3v) is 9.80. The third kappa shape index (κ3) is 5.97. The van der Waals surface area contributed by atoms with Crippen LogP contribution in [-0.4, -0.2) is 19.9 Å². The van der Waals surface area contributed by atoms with E-state index in [-0.39, 0.29) is 27.9 Å². The third-order valence-electron chi connectivity index (χ3n) is 9.80. The Morgan fingerprint density at radius 2 is 1.06 bits per heavy atom. The maximum Gasteiger partial charge on any atom is 0.417 e. The van der Waals surface area contributed by atoms with Crippen LogP contribution in [0.15, 0.2) is 79.0 Å². The van der Waals surface area contributed by atoms with E-state index in [0.29, 0.717) is 40.2 Å². The lowest BCUT2D eigenvalue weighted by Crippen LogP contribution is -2.12. The Balaban J connectivity index is 1.36. The van der Waals surface area contributed by atoms with Gasteiger partial charge in [0.1, 0.15) is 0 Å². The number of aromatic nitrogens is 4. The number of pyridine rings is 1. The lowest BCUT2D eigenvalue weighted by molar-refractivity contribution is -0.137. The average Bonchev–Trinajstić information content (AvgIpc) is 3.66. The Hall–Kier alpha value is -4.39. The van der Waals surface area contributed by atoms with Crippen LogP contribution in [0.3, 0.4) is 0 Å². The highest BCUT2D eigenvalue weighted by Gasteiger charge is 2.38. The molecule has 4 nitrogen and oxygen atoms in total. The molecule has 2 atom stereocenters. The zero-order valence-corrected chi connectivity index (χ0v) is 27.7. The van der Waals surface area contributed by atoms with E-state index in [1.54, 1.807) is 0 Å². The van der Waals surface area contributed by atoms with Gasteiger partial charge in [0, 0.05) is 28.5 Å². The minimum atomic E-state index is -4.65. The van der Waals surface area contributed by atoms with Gasteiger partial charge in [0.25, 0.3) is 0 Å². The number of alkyl halides is 3. The van der Waals surface area contributed by atoms with Crippen LogP contribution in [-0.2, 0) is 17.0 Å². The molecule has 0 aliphatic heterocycles. The van der Waals surface area contributed by atoms with Gasteiger partial charge in [0.2, 0.25) is 0 Å². The molecule has 3 aromatic carbocycles. The van der Waals surface area contributed by atoms with Crippen LogP contribution in [0.1, 0.15) is 100 Å². The highest BCUT2D eigenvalue weighted by molar-refractivity contribution is 5.72. The van der Waals surface area contributed by atoms with Crippen LogP contribution in [0, 0.1) is 0 Å². The number of rotatable bonds is 4. The van der Waals surface area contributed by atoms with Crippen LogP contribution in [0.4, 0.5) is 13.2 Å². The van der Waals surface area contributed by atoms with Gasteiger partial charge in [-0.3, -0.25) is 4.98 Å². The van der Waals surface area contributed by atoms with Gasteiger partial charge in [-0.1, -0.05) is 102 Å². The van der Waals surface area contributed by atoms with Gasteiger partial charge in [0.15, 0.2) is 17.5 Å². The molecule has 5 aromatic rings. The molecule has 240 valence electrons. The Labute approximate surface area is 274 Å². The molecule has 47 heavy (non-hydrogen) atoms. The summed E-state index contributed by atoms with van der Waals surface area (Å²) in [7, 11) is 0. The first kappa shape index (κ1) is 31.2. The van der Waals surface area contributed by atoms with Crippen molar-refractivity contribution in [2.75, 3.05) is 0 Å². The summed E-state index contributed by atoms with van der Waals surface area (Å²) < 4.78 is 44.5. The van der Waals surface area contributed by atoms with Gasteiger partial charge in [-0.15, -0.1) is 0 Å². The number of nitrogens with zero attached hydrogens (tertiary/aromatic N) is 4.